The van der Waals surface area contributed by atoms with E-state index in [1.807, 2.05) is 0 Å². The summed E-state index contributed by atoms with van der Waals surface area (Å²) in [6, 6.07) is 0. The summed E-state index contributed by atoms with van der Waals surface area (Å²) in [4.78, 5) is 0. The molecular formula is C2H9AlCl2MoO. The van der Waals surface area contributed by atoms with E-state index in [1.54, 1.807) is 0 Å². The summed E-state index contributed by atoms with van der Waals surface area (Å²) >= 11 is 2.07. The van der Waals surface area contributed by atoms with E-state index in [4.69, 9.17) is 3.40 Å². The van der Waals surface area contributed by atoms with E-state index in [2.05, 4.69) is 6.92 Å². The Labute approximate surface area is 76.1 Å². The molecule has 0 aliphatic carbocycles. The van der Waals surface area contributed by atoms with Crippen molar-refractivity contribution in [3.8, 4) is 0 Å². The fourth-order valence-corrected chi connectivity index (χ4v) is 0. The molecule has 46 valence electrons. The first-order valence-electron chi connectivity index (χ1n) is 1.58. The third kappa shape index (κ3) is 93.0. The Bertz CT molecular complexity index is 19.7. The zero-order chi connectivity index (χ0) is 4.71. The van der Waals surface area contributed by atoms with Crippen molar-refractivity contribution in [1.29, 1.82) is 0 Å². The Morgan fingerprint density at radius 1 is 1.43 bits per heavy atom. The number of halogens is 2. The molecule has 0 N–H and O–H groups in total. The van der Waals surface area contributed by atoms with Gasteiger partial charge in [-0.2, -0.15) is 0 Å². The Hall–Kier alpha value is 1.60. The molecule has 0 aromatic rings. The van der Waals surface area contributed by atoms with Crippen LogP contribution >= 0.6 is 24.8 Å². The Morgan fingerprint density at radius 3 is 1.43 bits per heavy atom. The van der Waals surface area contributed by atoms with Crippen molar-refractivity contribution in [3.05, 3.63) is 0 Å². The summed E-state index contributed by atoms with van der Waals surface area (Å²) in [5, 5.41) is 1.39. The molecule has 0 aromatic heterocycles. The molecule has 7 heavy (non-hydrogen) atoms. The predicted molar refractivity (Wildman–Crippen MR) is 34.2 cm³/mol. The molecule has 0 saturated heterocycles. The van der Waals surface area contributed by atoms with E-state index in [0.717, 1.165) is 0 Å². The van der Waals surface area contributed by atoms with Crippen LogP contribution in [0.2, 0.25) is 5.28 Å². The summed E-state index contributed by atoms with van der Waals surface area (Å²) in [7, 11) is 0. The van der Waals surface area contributed by atoms with Crippen molar-refractivity contribution in [3.63, 3.8) is 0 Å². The normalized spacial score (nSPS) is 3.00. The SMILES string of the molecule is C[CH2][AlH2].Cl.Cl.[O]=[Mo]. The average molecular weight is 243 g/mol. The summed E-state index contributed by atoms with van der Waals surface area (Å²) in [6.45, 7) is 2.19. The van der Waals surface area contributed by atoms with Crippen molar-refractivity contribution < 1.29 is 23.2 Å². The Balaban J connectivity index is -0.0000000105. The molecular weight excluding hydrogens is 234 g/mol. The molecule has 0 bridgehead atoms. The summed E-state index contributed by atoms with van der Waals surface area (Å²) in [5.41, 5.74) is 0. The quantitative estimate of drug-likeness (QED) is 0.574. The number of hydrogen-bond acceptors (Lipinski definition) is 1. The van der Waals surface area contributed by atoms with Gasteiger partial charge in [0, 0.05) is 0 Å². The van der Waals surface area contributed by atoms with Crippen LogP contribution in [0, 0.1) is 0 Å². The maximum absolute atomic E-state index is 8.26. The van der Waals surface area contributed by atoms with Crippen LogP contribution in [-0.4, -0.2) is 16.3 Å². The van der Waals surface area contributed by atoms with Gasteiger partial charge in [0.1, 0.15) is 0 Å². The van der Waals surface area contributed by atoms with Crippen molar-refractivity contribution >= 4 is 41.1 Å². The van der Waals surface area contributed by atoms with Crippen LogP contribution in [0.1, 0.15) is 6.92 Å². The molecule has 0 aromatic carbocycles. The van der Waals surface area contributed by atoms with E-state index in [1.165, 1.54) is 21.6 Å². The van der Waals surface area contributed by atoms with E-state index in [0.29, 0.717) is 19.8 Å². The monoisotopic (exact) mass is 244 g/mol. The predicted octanol–water partition coefficient (Wildman–Crippen LogP) is 0.780. The zero-order valence-corrected chi connectivity index (χ0v) is 9.98. The first-order chi connectivity index (χ1) is 2.41. The van der Waals surface area contributed by atoms with Crippen LogP contribution in [0.25, 0.3) is 0 Å². The van der Waals surface area contributed by atoms with Gasteiger partial charge in [-0.05, 0) is 0 Å². The van der Waals surface area contributed by atoms with E-state index < -0.39 is 0 Å². The fraction of sp³-hybridized carbons (Fsp3) is 1.00. The number of hydrogen-bond donors (Lipinski definition) is 0. The van der Waals surface area contributed by atoms with Crippen LogP contribution in [0.5, 0.6) is 0 Å². The summed E-state index contributed by atoms with van der Waals surface area (Å²) < 4.78 is 8.26. The van der Waals surface area contributed by atoms with Crippen molar-refractivity contribution in [2.75, 3.05) is 0 Å². The van der Waals surface area contributed by atoms with Gasteiger partial charge in [0.15, 0.2) is 0 Å². The molecule has 0 saturated carbocycles. The zero-order valence-electron chi connectivity index (χ0n) is 4.34. The molecule has 0 heterocycles. The molecule has 0 rings (SSSR count). The standard InChI is InChI=1S/C2H5.Al.2ClH.Mo.O.2H/c1-2;;;;;;;/h1H2,2H3;;2*1H;;;;. The minimum atomic E-state index is 0. The van der Waals surface area contributed by atoms with Crippen LogP contribution in [0.4, 0.5) is 0 Å². The van der Waals surface area contributed by atoms with Gasteiger partial charge in [0.25, 0.3) is 0 Å². The molecule has 0 aliphatic rings. The molecule has 0 spiro atoms. The van der Waals surface area contributed by atoms with Gasteiger partial charge in [-0.1, -0.05) is 6.92 Å². The van der Waals surface area contributed by atoms with Gasteiger partial charge in [0.05, 0.1) is 0 Å². The van der Waals surface area contributed by atoms with Crippen molar-refractivity contribution in [2.24, 2.45) is 0 Å². The van der Waals surface area contributed by atoms with Crippen molar-refractivity contribution in [2.45, 2.75) is 12.2 Å². The Kier molecular flexibility index (Phi) is 164. The molecule has 0 aliphatic heterocycles. The minimum absolute atomic E-state index is 0. The van der Waals surface area contributed by atoms with Crippen LogP contribution in [-0.2, 0) is 23.2 Å². The molecule has 0 fully saturated rings. The second-order valence-electron chi connectivity index (χ2n) is 0.707. The van der Waals surface area contributed by atoms with Crippen LogP contribution in [0.15, 0.2) is 0 Å². The number of rotatable bonds is 0. The van der Waals surface area contributed by atoms with E-state index >= 15 is 0 Å². The van der Waals surface area contributed by atoms with E-state index in [-0.39, 0.29) is 24.8 Å². The van der Waals surface area contributed by atoms with Gasteiger partial charge in [-0.15, -0.1) is 30.1 Å². The summed E-state index contributed by atoms with van der Waals surface area (Å²) in [6.07, 6.45) is 0. The van der Waals surface area contributed by atoms with Gasteiger partial charge in [0.2, 0.25) is 16.3 Å². The second kappa shape index (κ2) is 49.0. The molecule has 0 radical (unpaired) electrons. The first kappa shape index (κ1) is 23.5. The molecule has 0 amide bonds. The third-order valence-electron chi connectivity index (χ3n) is 0. The topological polar surface area (TPSA) is 17.1 Å². The second-order valence-corrected chi connectivity index (χ2v) is 2.12. The molecule has 0 unspecified atom stereocenters. The van der Waals surface area contributed by atoms with E-state index in [9.17, 15) is 0 Å². The maximum atomic E-state index is 8.26. The molecule has 5 heteroatoms. The third-order valence-corrected chi connectivity index (χ3v) is 0. The van der Waals surface area contributed by atoms with Crippen molar-refractivity contribution in [1.82, 2.24) is 0 Å². The first-order valence-corrected chi connectivity index (χ1v) is 3.81. The molecule has 0 atom stereocenters. The Morgan fingerprint density at radius 2 is 1.43 bits per heavy atom. The average Bonchev–Trinajstić information content (AvgIpc) is 1.46. The fourth-order valence-electron chi connectivity index (χ4n) is 0. The van der Waals surface area contributed by atoms with Crippen LogP contribution < -0.4 is 0 Å². The van der Waals surface area contributed by atoms with Gasteiger partial charge in [-0.25, -0.2) is 0 Å². The van der Waals surface area contributed by atoms with Gasteiger partial charge in [-0.3, -0.25) is 0 Å². The summed E-state index contributed by atoms with van der Waals surface area (Å²) in [5.74, 6) is 0. The van der Waals surface area contributed by atoms with Gasteiger partial charge >= 0.3 is 23.2 Å². The van der Waals surface area contributed by atoms with Crippen LogP contribution in [0.3, 0.4) is 0 Å². The molecule has 1 nitrogen and oxygen atoms in total. The van der Waals surface area contributed by atoms with Gasteiger partial charge < -0.3 is 0 Å².